The topological polar surface area (TPSA) is 112 Å². The molecule has 2 amide bonds. The summed E-state index contributed by atoms with van der Waals surface area (Å²) < 4.78 is 7.87. The molecule has 32 heavy (non-hydrogen) atoms. The Labute approximate surface area is 197 Å². The number of carbonyl (C=O) groups excluding carboxylic acids is 2. The van der Waals surface area contributed by atoms with E-state index in [1.807, 2.05) is 22.1 Å². The van der Waals surface area contributed by atoms with Gasteiger partial charge in [0.2, 0.25) is 5.91 Å². The van der Waals surface area contributed by atoms with Crippen LogP contribution in [-0.2, 0) is 28.9 Å². The molecule has 168 valence electrons. The monoisotopic (exact) mass is 489 g/mol. The molecule has 0 spiro atoms. The zero-order chi connectivity index (χ0) is 22.1. The molecule has 4 heterocycles. The minimum absolute atomic E-state index is 0.129. The van der Waals surface area contributed by atoms with Gasteiger partial charge in [-0.3, -0.25) is 14.2 Å². The minimum Gasteiger partial charge on any atom is -0.376 e. The molecule has 1 aliphatic heterocycles. The number of carbonyl (C=O) groups is 2. The highest BCUT2D eigenvalue weighted by Gasteiger charge is 2.27. The first kappa shape index (κ1) is 21.6. The molecule has 0 aromatic carbocycles. The third kappa shape index (κ3) is 4.34. The Hall–Kier alpha value is -2.21. The van der Waals surface area contributed by atoms with Gasteiger partial charge in [-0.05, 0) is 49.1 Å². The average molecular weight is 490 g/mol. The van der Waals surface area contributed by atoms with Gasteiger partial charge in [0.05, 0.1) is 28.8 Å². The van der Waals surface area contributed by atoms with Gasteiger partial charge in [0, 0.05) is 11.5 Å². The maximum atomic E-state index is 12.7. The normalized spacial score (nSPS) is 17.6. The Morgan fingerprint density at radius 2 is 2.22 bits per heavy atom. The second-order valence-electron chi connectivity index (χ2n) is 7.79. The number of thioether (sulfide) groups is 1. The van der Waals surface area contributed by atoms with E-state index in [1.165, 1.54) is 23.1 Å². The Morgan fingerprint density at radius 1 is 1.31 bits per heavy atom. The molecule has 3 N–H and O–H groups in total. The van der Waals surface area contributed by atoms with Gasteiger partial charge in [-0.1, -0.05) is 17.8 Å². The lowest BCUT2D eigenvalue weighted by Gasteiger charge is -2.14. The molecule has 0 radical (unpaired) electrons. The Kier molecular flexibility index (Phi) is 6.31. The van der Waals surface area contributed by atoms with Crippen molar-refractivity contribution in [2.45, 2.75) is 49.9 Å². The molecule has 1 fully saturated rings. The highest BCUT2D eigenvalue weighted by molar-refractivity contribution is 7.99. The van der Waals surface area contributed by atoms with E-state index < -0.39 is 5.91 Å². The number of aryl methyl sites for hydroxylation is 1. The van der Waals surface area contributed by atoms with E-state index in [0.717, 1.165) is 59.9 Å². The second kappa shape index (κ2) is 9.34. The largest absolute Gasteiger partial charge is 0.376 e. The summed E-state index contributed by atoms with van der Waals surface area (Å²) in [7, 11) is 0. The average Bonchev–Trinajstić information content (AvgIpc) is 3.55. The molecular formula is C21H23N5O3S3. The van der Waals surface area contributed by atoms with E-state index in [4.69, 9.17) is 10.5 Å². The fourth-order valence-corrected chi connectivity index (χ4v) is 6.96. The number of thiophene rings is 2. The van der Waals surface area contributed by atoms with Gasteiger partial charge in [0.25, 0.3) is 5.91 Å². The van der Waals surface area contributed by atoms with Crippen molar-refractivity contribution < 1.29 is 14.3 Å². The van der Waals surface area contributed by atoms with Crippen LogP contribution in [0.1, 0.15) is 40.1 Å². The zero-order valence-electron chi connectivity index (χ0n) is 17.3. The first-order chi connectivity index (χ1) is 15.6. The lowest BCUT2D eigenvalue weighted by atomic mass is 10.1. The third-order valence-electron chi connectivity index (χ3n) is 5.62. The van der Waals surface area contributed by atoms with Crippen LogP contribution in [0.15, 0.2) is 22.7 Å². The number of nitrogens with one attached hydrogen (secondary N) is 1. The molecule has 3 aromatic heterocycles. The van der Waals surface area contributed by atoms with Crippen LogP contribution < -0.4 is 11.1 Å². The number of nitrogens with zero attached hydrogens (tertiary/aromatic N) is 3. The van der Waals surface area contributed by atoms with Crippen LogP contribution in [0.2, 0.25) is 0 Å². The first-order valence-electron chi connectivity index (χ1n) is 10.6. The number of rotatable bonds is 8. The quantitative estimate of drug-likeness (QED) is 0.468. The summed E-state index contributed by atoms with van der Waals surface area (Å²) in [6.45, 7) is 1.44. The van der Waals surface area contributed by atoms with Crippen molar-refractivity contribution in [3.05, 3.63) is 33.5 Å². The smallest absolute Gasteiger partial charge is 0.251 e. The van der Waals surface area contributed by atoms with Crippen LogP contribution in [0.25, 0.3) is 10.7 Å². The van der Waals surface area contributed by atoms with Gasteiger partial charge in [-0.15, -0.1) is 32.9 Å². The minimum atomic E-state index is -0.482. The van der Waals surface area contributed by atoms with E-state index in [0.29, 0.717) is 22.3 Å². The predicted molar refractivity (Wildman–Crippen MR) is 127 cm³/mol. The molecule has 1 atom stereocenters. The maximum Gasteiger partial charge on any atom is 0.251 e. The predicted octanol–water partition coefficient (Wildman–Crippen LogP) is 3.57. The summed E-state index contributed by atoms with van der Waals surface area (Å²) in [5.74, 6) is 0.282. The van der Waals surface area contributed by atoms with Gasteiger partial charge >= 0.3 is 0 Å². The number of anilines is 1. The van der Waals surface area contributed by atoms with E-state index in [-0.39, 0.29) is 17.8 Å². The van der Waals surface area contributed by atoms with Crippen LogP contribution in [0, 0.1) is 0 Å². The van der Waals surface area contributed by atoms with Gasteiger partial charge in [0.1, 0.15) is 5.00 Å². The number of amides is 2. The van der Waals surface area contributed by atoms with Gasteiger partial charge in [0.15, 0.2) is 11.0 Å². The number of hydrogen-bond donors (Lipinski definition) is 2. The molecule has 0 saturated carbocycles. The first-order valence-corrected chi connectivity index (χ1v) is 13.2. The molecule has 3 aromatic rings. The Balaban J connectivity index is 1.30. The summed E-state index contributed by atoms with van der Waals surface area (Å²) in [6.07, 6.45) is 4.99. The van der Waals surface area contributed by atoms with Crippen molar-refractivity contribution in [2.75, 3.05) is 17.7 Å². The molecule has 11 heteroatoms. The number of aromatic nitrogens is 3. The van der Waals surface area contributed by atoms with Crippen molar-refractivity contribution in [1.82, 2.24) is 14.8 Å². The molecule has 2 aliphatic rings. The van der Waals surface area contributed by atoms with Crippen LogP contribution in [0.3, 0.4) is 0 Å². The van der Waals surface area contributed by atoms with Crippen LogP contribution in [0.5, 0.6) is 0 Å². The highest BCUT2D eigenvalue weighted by Crippen LogP contribution is 2.39. The summed E-state index contributed by atoms with van der Waals surface area (Å²) in [5, 5.41) is 14.9. The molecule has 1 aliphatic carbocycles. The SMILES string of the molecule is NC(=O)c1c(NC(=O)CSc2nnc(-c3cccs3)n2C[C@@H]2CCCO2)sc2c1CCC2. The molecule has 0 bridgehead atoms. The van der Waals surface area contributed by atoms with Crippen LogP contribution >= 0.6 is 34.4 Å². The van der Waals surface area contributed by atoms with Gasteiger partial charge < -0.3 is 15.8 Å². The van der Waals surface area contributed by atoms with E-state index in [2.05, 4.69) is 15.5 Å². The number of fused-ring (bicyclic) bond motifs is 1. The fourth-order valence-electron chi connectivity index (χ4n) is 4.19. The Morgan fingerprint density at radius 3 is 2.97 bits per heavy atom. The summed E-state index contributed by atoms with van der Waals surface area (Å²) >= 11 is 4.41. The standard InChI is InChI=1S/C21H23N5O3S3/c22-18(28)17-13-5-1-6-14(13)32-20(17)23-16(27)11-31-21-25-24-19(15-7-3-9-30-15)26(21)10-12-4-2-8-29-12/h3,7,9,12H,1-2,4-6,8,10-11H2,(H2,22,28)(H,23,27)/t12-/m0/s1. The van der Waals surface area contributed by atoms with E-state index >= 15 is 0 Å². The van der Waals surface area contributed by atoms with Crippen molar-refractivity contribution in [3.8, 4) is 10.7 Å². The molecular weight excluding hydrogens is 466 g/mol. The lowest BCUT2D eigenvalue weighted by molar-refractivity contribution is -0.113. The molecule has 8 nitrogen and oxygen atoms in total. The molecule has 0 unspecified atom stereocenters. The molecule has 1 saturated heterocycles. The zero-order valence-corrected chi connectivity index (χ0v) is 19.8. The summed E-state index contributed by atoms with van der Waals surface area (Å²) in [4.78, 5) is 26.9. The highest BCUT2D eigenvalue weighted by atomic mass is 32.2. The number of ether oxygens (including phenoxy) is 1. The number of nitrogens with two attached hydrogens (primary N) is 1. The van der Waals surface area contributed by atoms with Crippen LogP contribution in [0.4, 0.5) is 5.00 Å². The Bertz CT molecular complexity index is 1130. The van der Waals surface area contributed by atoms with Crippen molar-refractivity contribution in [2.24, 2.45) is 5.73 Å². The van der Waals surface area contributed by atoms with Gasteiger partial charge in [-0.2, -0.15) is 0 Å². The van der Waals surface area contributed by atoms with Crippen molar-refractivity contribution >= 4 is 51.3 Å². The second-order valence-corrected chi connectivity index (χ2v) is 10.8. The summed E-state index contributed by atoms with van der Waals surface area (Å²) in [5.41, 5.74) is 7.07. The number of primary amides is 1. The maximum absolute atomic E-state index is 12.7. The third-order valence-corrected chi connectivity index (χ3v) is 8.66. The fraction of sp³-hybridized carbons (Fsp3) is 0.429. The van der Waals surface area contributed by atoms with Crippen molar-refractivity contribution in [1.29, 1.82) is 0 Å². The van der Waals surface area contributed by atoms with Gasteiger partial charge in [-0.25, -0.2) is 0 Å². The van der Waals surface area contributed by atoms with Crippen molar-refractivity contribution in [3.63, 3.8) is 0 Å². The number of hydrogen-bond acceptors (Lipinski definition) is 8. The van der Waals surface area contributed by atoms with E-state index in [1.54, 1.807) is 11.3 Å². The molecule has 5 rings (SSSR count). The summed E-state index contributed by atoms with van der Waals surface area (Å²) in [6, 6.07) is 4.00. The lowest BCUT2D eigenvalue weighted by Crippen LogP contribution is -2.20. The van der Waals surface area contributed by atoms with E-state index in [9.17, 15) is 9.59 Å². The van der Waals surface area contributed by atoms with Crippen LogP contribution in [-0.4, -0.2) is 45.0 Å².